The Morgan fingerprint density at radius 1 is 1.06 bits per heavy atom. The average Bonchev–Trinajstić information content (AvgIpc) is 3.29. The largest absolute Gasteiger partial charge is 0.346 e. The van der Waals surface area contributed by atoms with Gasteiger partial charge in [0, 0.05) is 17.2 Å². The van der Waals surface area contributed by atoms with Crippen LogP contribution in [-0.4, -0.2) is 20.7 Å². The first-order chi connectivity index (χ1) is 16.9. The van der Waals surface area contributed by atoms with Crippen LogP contribution in [0.3, 0.4) is 0 Å². The van der Waals surface area contributed by atoms with Crippen LogP contribution >= 0.6 is 23.4 Å². The third kappa shape index (κ3) is 6.29. The molecule has 1 atom stereocenters. The summed E-state index contributed by atoms with van der Waals surface area (Å²) in [7, 11) is 0. The van der Waals surface area contributed by atoms with Crippen LogP contribution < -0.4 is 5.32 Å². The summed E-state index contributed by atoms with van der Waals surface area (Å²) >= 11 is 7.87. The molecule has 0 aliphatic heterocycles. The van der Waals surface area contributed by atoms with Gasteiger partial charge in [-0.2, -0.15) is 0 Å². The van der Waals surface area contributed by atoms with Crippen LogP contribution in [0.2, 0.25) is 5.02 Å². The van der Waals surface area contributed by atoms with Crippen LogP contribution in [0.4, 0.5) is 4.39 Å². The predicted molar refractivity (Wildman–Crippen MR) is 138 cm³/mol. The van der Waals surface area contributed by atoms with Crippen LogP contribution in [0.1, 0.15) is 41.9 Å². The van der Waals surface area contributed by atoms with Gasteiger partial charge in [0.2, 0.25) is 5.91 Å². The van der Waals surface area contributed by atoms with Crippen LogP contribution in [0.25, 0.3) is 5.69 Å². The normalized spacial score (nSPS) is 11.9. The third-order valence-electron chi connectivity index (χ3n) is 5.60. The zero-order valence-electron chi connectivity index (χ0n) is 19.5. The summed E-state index contributed by atoms with van der Waals surface area (Å²) in [5.41, 5.74) is 3.89. The van der Waals surface area contributed by atoms with E-state index in [1.165, 1.54) is 23.9 Å². The number of carbonyl (C=O) groups is 1. The molecule has 1 N–H and O–H groups in total. The molecule has 5 nitrogen and oxygen atoms in total. The van der Waals surface area contributed by atoms with Crippen LogP contribution in [0.5, 0.6) is 0 Å². The summed E-state index contributed by atoms with van der Waals surface area (Å²) in [5, 5.41) is 13.4. The van der Waals surface area contributed by atoms with Crippen LogP contribution in [-0.2, 0) is 17.0 Å². The standard InChI is InChI=1S/C27H26ClFN4OS/c1-3-25(34)30-23(15-19-7-5-4-6-8-19)26-31-32-27(35-17-20-10-13-22(29)14-11-20)33(26)24-16-21(28)12-9-18(24)2/h4-14,16,23H,3,15,17H2,1-2H3,(H,30,34). The molecule has 0 radical (unpaired) electrons. The molecule has 1 aromatic heterocycles. The van der Waals surface area contributed by atoms with Crippen molar-refractivity contribution in [2.45, 2.75) is 43.6 Å². The predicted octanol–water partition coefficient (Wildman–Crippen LogP) is 6.47. The van der Waals surface area contributed by atoms with E-state index in [-0.39, 0.29) is 11.7 Å². The van der Waals surface area contributed by atoms with E-state index in [1.807, 2.05) is 66.9 Å². The number of carbonyl (C=O) groups excluding carboxylic acids is 1. The molecule has 0 bridgehead atoms. The number of amides is 1. The summed E-state index contributed by atoms with van der Waals surface area (Å²) in [6, 6.07) is 21.7. The van der Waals surface area contributed by atoms with Gasteiger partial charge in [-0.15, -0.1) is 10.2 Å². The van der Waals surface area contributed by atoms with Crippen molar-refractivity contribution in [3.63, 3.8) is 0 Å². The molecule has 0 spiro atoms. The minimum atomic E-state index is -0.393. The van der Waals surface area contributed by atoms with Crippen molar-refractivity contribution in [1.29, 1.82) is 0 Å². The summed E-state index contributed by atoms with van der Waals surface area (Å²) in [6.45, 7) is 3.82. The van der Waals surface area contributed by atoms with E-state index in [2.05, 4.69) is 15.5 Å². The zero-order chi connectivity index (χ0) is 24.8. The highest BCUT2D eigenvalue weighted by Crippen LogP contribution is 2.31. The molecular formula is C27H26ClFN4OS. The number of nitrogens with zero attached hydrogens (tertiary/aromatic N) is 3. The fourth-order valence-electron chi connectivity index (χ4n) is 3.73. The number of rotatable bonds is 9. The Kier molecular flexibility index (Phi) is 8.21. The number of hydrogen-bond acceptors (Lipinski definition) is 4. The highest BCUT2D eigenvalue weighted by atomic mass is 35.5. The number of hydrogen-bond donors (Lipinski definition) is 1. The molecule has 4 rings (SSSR count). The van der Waals surface area contributed by atoms with E-state index in [9.17, 15) is 9.18 Å². The molecule has 8 heteroatoms. The van der Waals surface area contributed by atoms with Gasteiger partial charge in [0.1, 0.15) is 5.82 Å². The number of thioether (sulfide) groups is 1. The van der Waals surface area contributed by atoms with Gasteiger partial charge >= 0.3 is 0 Å². The van der Waals surface area contributed by atoms with E-state index >= 15 is 0 Å². The number of aryl methyl sites for hydroxylation is 1. The van der Waals surface area contributed by atoms with Gasteiger partial charge in [0.15, 0.2) is 11.0 Å². The van der Waals surface area contributed by atoms with E-state index in [0.717, 1.165) is 22.4 Å². The smallest absolute Gasteiger partial charge is 0.220 e. The Labute approximate surface area is 213 Å². The molecule has 3 aromatic carbocycles. The van der Waals surface area contributed by atoms with Crippen LogP contribution in [0.15, 0.2) is 78.0 Å². The summed E-state index contributed by atoms with van der Waals surface area (Å²) in [6.07, 6.45) is 0.925. The molecule has 0 aliphatic rings. The van der Waals surface area contributed by atoms with Gasteiger partial charge in [0.05, 0.1) is 11.7 Å². The lowest BCUT2D eigenvalue weighted by molar-refractivity contribution is -0.121. The van der Waals surface area contributed by atoms with E-state index in [1.54, 1.807) is 12.1 Å². The monoisotopic (exact) mass is 508 g/mol. The first kappa shape index (κ1) is 24.9. The van der Waals surface area contributed by atoms with Crippen molar-refractivity contribution in [2.24, 2.45) is 0 Å². The van der Waals surface area contributed by atoms with Gasteiger partial charge < -0.3 is 5.32 Å². The SMILES string of the molecule is CCC(=O)NC(Cc1ccccc1)c1nnc(SCc2ccc(F)cc2)n1-c1cc(Cl)ccc1C. The maximum absolute atomic E-state index is 13.3. The average molecular weight is 509 g/mol. The highest BCUT2D eigenvalue weighted by Gasteiger charge is 2.25. The fraction of sp³-hybridized carbons (Fsp3) is 0.222. The van der Waals surface area contributed by atoms with Crippen molar-refractivity contribution in [2.75, 3.05) is 0 Å². The van der Waals surface area contributed by atoms with Crippen LogP contribution in [0, 0.1) is 12.7 Å². The summed E-state index contributed by atoms with van der Waals surface area (Å²) < 4.78 is 15.3. The summed E-state index contributed by atoms with van der Waals surface area (Å²) in [5.74, 6) is 0.878. The zero-order valence-corrected chi connectivity index (χ0v) is 21.1. The van der Waals surface area contributed by atoms with Crippen molar-refractivity contribution in [3.05, 3.63) is 106 Å². The molecule has 1 heterocycles. The molecule has 1 amide bonds. The second-order valence-corrected chi connectivity index (χ2v) is 9.56. The fourth-order valence-corrected chi connectivity index (χ4v) is 4.81. The van der Waals surface area contributed by atoms with Crippen molar-refractivity contribution in [3.8, 4) is 5.69 Å². The molecular weight excluding hydrogens is 483 g/mol. The number of halogens is 2. The molecule has 1 unspecified atom stereocenters. The number of benzene rings is 3. The molecule has 0 saturated heterocycles. The highest BCUT2D eigenvalue weighted by molar-refractivity contribution is 7.98. The van der Waals surface area contributed by atoms with Gasteiger partial charge in [-0.1, -0.05) is 78.8 Å². The first-order valence-electron chi connectivity index (χ1n) is 11.4. The molecule has 0 saturated carbocycles. The summed E-state index contributed by atoms with van der Waals surface area (Å²) in [4.78, 5) is 12.5. The van der Waals surface area contributed by atoms with Gasteiger partial charge in [0.25, 0.3) is 0 Å². The maximum atomic E-state index is 13.3. The molecule has 0 fully saturated rings. The Hall–Kier alpha value is -3.16. The lowest BCUT2D eigenvalue weighted by Crippen LogP contribution is -2.31. The number of nitrogens with one attached hydrogen (secondary N) is 1. The van der Waals surface area contributed by atoms with Crippen molar-refractivity contribution < 1.29 is 9.18 Å². The first-order valence-corrected chi connectivity index (χ1v) is 12.7. The molecule has 180 valence electrons. The minimum Gasteiger partial charge on any atom is -0.346 e. The van der Waals surface area contributed by atoms with E-state index in [4.69, 9.17) is 11.6 Å². The number of aromatic nitrogens is 3. The second-order valence-electron chi connectivity index (χ2n) is 8.19. The molecule has 35 heavy (non-hydrogen) atoms. The topological polar surface area (TPSA) is 59.8 Å². The van der Waals surface area contributed by atoms with Gasteiger partial charge in [-0.05, 0) is 54.3 Å². The third-order valence-corrected chi connectivity index (χ3v) is 6.84. The lowest BCUT2D eigenvalue weighted by Gasteiger charge is -2.21. The molecule has 0 aliphatic carbocycles. The van der Waals surface area contributed by atoms with Gasteiger partial charge in [-0.25, -0.2) is 4.39 Å². The van der Waals surface area contributed by atoms with Crippen molar-refractivity contribution >= 4 is 29.3 Å². The quantitative estimate of drug-likeness (QED) is 0.263. The Morgan fingerprint density at radius 2 is 1.80 bits per heavy atom. The van der Waals surface area contributed by atoms with Gasteiger partial charge in [-0.3, -0.25) is 9.36 Å². The van der Waals surface area contributed by atoms with E-state index < -0.39 is 6.04 Å². The second kappa shape index (κ2) is 11.5. The molecule has 4 aromatic rings. The Morgan fingerprint density at radius 3 is 2.51 bits per heavy atom. The Bertz CT molecular complexity index is 1290. The van der Waals surface area contributed by atoms with E-state index in [0.29, 0.717) is 34.6 Å². The van der Waals surface area contributed by atoms with Crippen molar-refractivity contribution in [1.82, 2.24) is 20.1 Å². The minimum absolute atomic E-state index is 0.0659. The Balaban J connectivity index is 1.77. The lowest BCUT2D eigenvalue weighted by atomic mass is 10.0. The maximum Gasteiger partial charge on any atom is 0.220 e.